The zero-order valence-electron chi connectivity index (χ0n) is 16.3. The number of hydrogen-bond acceptors (Lipinski definition) is 4. The van der Waals surface area contributed by atoms with Gasteiger partial charge >= 0.3 is 5.97 Å². The zero-order valence-corrected chi connectivity index (χ0v) is 16.3. The third kappa shape index (κ3) is 6.04. The van der Waals surface area contributed by atoms with Gasteiger partial charge in [-0.25, -0.2) is 4.79 Å². The van der Waals surface area contributed by atoms with Crippen molar-refractivity contribution in [2.24, 2.45) is 0 Å². The molecule has 0 aromatic heterocycles. The highest BCUT2D eigenvalue weighted by Gasteiger charge is 2.25. The lowest BCUT2D eigenvalue weighted by molar-refractivity contribution is -0.150. The molecule has 0 spiro atoms. The SMILES string of the molecule is O=C(COC(=O)[C@H](NC(=O)c1ccccc1)c1ccccc1)NCc1ccccc1. The molecule has 0 aliphatic heterocycles. The van der Waals surface area contributed by atoms with Crippen LogP contribution in [-0.4, -0.2) is 24.4 Å². The van der Waals surface area contributed by atoms with Crippen LogP contribution in [0, 0.1) is 0 Å². The summed E-state index contributed by atoms with van der Waals surface area (Å²) in [7, 11) is 0. The summed E-state index contributed by atoms with van der Waals surface area (Å²) in [6.45, 7) is -0.0969. The standard InChI is InChI=1S/C24H22N2O4/c27-21(25-16-18-10-4-1-5-11-18)17-30-24(29)22(19-12-6-2-7-13-19)26-23(28)20-14-8-3-9-15-20/h1-15,22H,16-17H2,(H,25,27)(H,26,28)/t22-/m1/s1. The summed E-state index contributed by atoms with van der Waals surface area (Å²) < 4.78 is 5.18. The van der Waals surface area contributed by atoms with Crippen molar-refractivity contribution in [2.45, 2.75) is 12.6 Å². The van der Waals surface area contributed by atoms with Gasteiger partial charge in [0.1, 0.15) is 0 Å². The quantitative estimate of drug-likeness (QED) is 0.568. The lowest BCUT2D eigenvalue weighted by atomic mass is 10.1. The number of nitrogens with one attached hydrogen (secondary N) is 2. The molecule has 2 N–H and O–H groups in total. The molecule has 2 amide bonds. The third-order valence-corrected chi connectivity index (χ3v) is 4.36. The monoisotopic (exact) mass is 402 g/mol. The van der Waals surface area contributed by atoms with Gasteiger partial charge in [0.2, 0.25) is 0 Å². The van der Waals surface area contributed by atoms with E-state index in [0.29, 0.717) is 17.7 Å². The van der Waals surface area contributed by atoms with Crippen molar-refractivity contribution in [2.75, 3.05) is 6.61 Å². The van der Waals surface area contributed by atoms with Crippen LogP contribution < -0.4 is 10.6 Å². The van der Waals surface area contributed by atoms with Crippen LogP contribution in [-0.2, 0) is 20.9 Å². The lowest BCUT2D eigenvalue weighted by Gasteiger charge is -2.18. The zero-order chi connectivity index (χ0) is 21.2. The van der Waals surface area contributed by atoms with E-state index in [2.05, 4.69) is 10.6 Å². The molecule has 0 aliphatic rings. The summed E-state index contributed by atoms with van der Waals surface area (Å²) in [6, 6.07) is 25.7. The second kappa shape index (κ2) is 10.6. The van der Waals surface area contributed by atoms with Crippen LogP contribution in [0.5, 0.6) is 0 Å². The van der Waals surface area contributed by atoms with Crippen molar-refractivity contribution < 1.29 is 19.1 Å². The lowest BCUT2D eigenvalue weighted by Crippen LogP contribution is -2.37. The van der Waals surface area contributed by atoms with Crippen molar-refractivity contribution in [3.8, 4) is 0 Å². The summed E-state index contributed by atoms with van der Waals surface area (Å²) in [5.41, 5.74) is 1.93. The number of amides is 2. The summed E-state index contributed by atoms with van der Waals surface area (Å²) in [4.78, 5) is 37.3. The Morgan fingerprint density at radius 3 is 1.97 bits per heavy atom. The fraction of sp³-hybridized carbons (Fsp3) is 0.125. The van der Waals surface area contributed by atoms with Gasteiger partial charge in [-0.3, -0.25) is 9.59 Å². The molecule has 0 fully saturated rings. The van der Waals surface area contributed by atoms with Crippen LogP contribution in [0.3, 0.4) is 0 Å². The molecule has 3 aromatic rings. The Labute approximate surface area is 174 Å². The number of carbonyl (C=O) groups is 3. The molecule has 0 bridgehead atoms. The van der Waals surface area contributed by atoms with E-state index in [-0.39, 0.29) is 0 Å². The van der Waals surface area contributed by atoms with Gasteiger partial charge in [0, 0.05) is 12.1 Å². The van der Waals surface area contributed by atoms with Gasteiger partial charge in [-0.05, 0) is 23.3 Å². The number of ether oxygens (including phenoxy) is 1. The number of hydrogen-bond donors (Lipinski definition) is 2. The van der Waals surface area contributed by atoms with Gasteiger partial charge in [0.05, 0.1) is 0 Å². The largest absolute Gasteiger partial charge is 0.454 e. The summed E-state index contributed by atoms with van der Waals surface area (Å²) >= 11 is 0. The second-order valence-electron chi connectivity index (χ2n) is 6.55. The Hall–Kier alpha value is -3.93. The van der Waals surface area contributed by atoms with Crippen LogP contribution in [0.25, 0.3) is 0 Å². The van der Waals surface area contributed by atoms with E-state index < -0.39 is 30.4 Å². The minimum Gasteiger partial charge on any atom is -0.454 e. The molecule has 6 nitrogen and oxygen atoms in total. The van der Waals surface area contributed by atoms with Crippen molar-refractivity contribution in [1.29, 1.82) is 0 Å². The minimum absolute atomic E-state index is 0.337. The highest BCUT2D eigenvalue weighted by atomic mass is 16.5. The Bertz CT molecular complexity index is 976. The first kappa shape index (κ1) is 20.8. The first-order valence-corrected chi connectivity index (χ1v) is 9.51. The highest BCUT2D eigenvalue weighted by molar-refractivity contribution is 5.97. The van der Waals surface area contributed by atoms with Crippen molar-refractivity contribution in [3.05, 3.63) is 108 Å². The third-order valence-electron chi connectivity index (χ3n) is 4.36. The highest BCUT2D eigenvalue weighted by Crippen LogP contribution is 2.15. The molecule has 0 unspecified atom stereocenters. The van der Waals surface area contributed by atoms with Crippen LogP contribution in [0.1, 0.15) is 27.5 Å². The molecule has 3 aromatic carbocycles. The maximum atomic E-state index is 12.7. The maximum absolute atomic E-state index is 12.7. The maximum Gasteiger partial charge on any atom is 0.333 e. The van der Waals surface area contributed by atoms with E-state index in [1.54, 1.807) is 54.6 Å². The van der Waals surface area contributed by atoms with Gasteiger partial charge in [-0.2, -0.15) is 0 Å². The molecule has 0 radical (unpaired) electrons. The molecule has 30 heavy (non-hydrogen) atoms. The number of esters is 1. The second-order valence-corrected chi connectivity index (χ2v) is 6.55. The molecule has 152 valence electrons. The summed E-state index contributed by atoms with van der Waals surface area (Å²) in [5.74, 6) is -1.54. The number of carbonyl (C=O) groups excluding carboxylic acids is 3. The normalized spacial score (nSPS) is 11.2. The van der Waals surface area contributed by atoms with Crippen molar-refractivity contribution in [1.82, 2.24) is 10.6 Å². The molecule has 0 aliphatic carbocycles. The molecular formula is C24H22N2O4. The number of rotatable bonds is 8. The van der Waals surface area contributed by atoms with Crippen molar-refractivity contribution in [3.63, 3.8) is 0 Å². The molecule has 0 heterocycles. The Morgan fingerprint density at radius 2 is 1.33 bits per heavy atom. The van der Waals surface area contributed by atoms with Gasteiger partial charge < -0.3 is 15.4 Å². The molecule has 6 heteroatoms. The van der Waals surface area contributed by atoms with E-state index in [4.69, 9.17) is 4.74 Å². The summed E-state index contributed by atoms with van der Waals surface area (Å²) in [5, 5.41) is 5.38. The van der Waals surface area contributed by atoms with Gasteiger partial charge in [0.25, 0.3) is 11.8 Å². The molecular weight excluding hydrogens is 380 g/mol. The van der Waals surface area contributed by atoms with E-state index >= 15 is 0 Å². The molecule has 3 rings (SSSR count). The predicted octanol–water partition coefficient (Wildman–Crippen LogP) is 3.02. The Kier molecular flexibility index (Phi) is 7.33. The fourth-order valence-corrected chi connectivity index (χ4v) is 2.80. The van der Waals surface area contributed by atoms with Crippen molar-refractivity contribution >= 4 is 17.8 Å². The van der Waals surface area contributed by atoms with Gasteiger partial charge in [-0.15, -0.1) is 0 Å². The van der Waals surface area contributed by atoms with Crippen LogP contribution in [0.15, 0.2) is 91.0 Å². The van der Waals surface area contributed by atoms with Crippen LogP contribution >= 0.6 is 0 Å². The first-order valence-electron chi connectivity index (χ1n) is 9.51. The van der Waals surface area contributed by atoms with E-state index in [0.717, 1.165) is 5.56 Å². The van der Waals surface area contributed by atoms with Gasteiger partial charge in [-0.1, -0.05) is 78.9 Å². The van der Waals surface area contributed by atoms with E-state index in [1.807, 2.05) is 36.4 Å². The average molecular weight is 402 g/mol. The van der Waals surface area contributed by atoms with Gasteiger partial charge in [0.15, 0.2) is 12.6 Å². The molecule has 0 saturated carbocycles. The van der Waals surface area contributed by atoms with E-state index in [9.17, 15) is 14.4 Å². The summed E-state index contributed by atoms with van der Waals surface area (Å²) in [6.07, 6.45) is 0. The fourth-order valence-electron chi connectivity index (χ4n) is 2.80. The topological polar surface area (TPSA) is 84.5 Å². The van der Waals surface area contributed by atoms with Crippen LogP contribution in [0.2, 0.25) is 0 Å². The first-order chi connectivity index (χ1) is 14.6. The smallest absolute Gasteiger partial charge is 0.333 e. The Morgan fingerprint density at radius 1 is 0.767 bits per heavy atom. The molecule has 0 saturated heterocycles. The Balaban J connectivity index is 1.60. The van der Waals surface area contributed by atoms with E-state index in [1.165, 1.54) is 0 Å². The van der Waals surface area contributed by atoms with Crippen LogP contribution in [0.4, 0.5) is 0 Å². The number of benzene rings is 3. The predicted molar refractivity (Wildman–Crippen MR) is 112 cm³/mol. The molecule has 1 atom stereocenters. The minimum atomic E-state index is -1.03. The average Bonchev–Trinajstić information content (AvgIpc) is 2.81.